The van der Waals surface area contributed by atoms with E-state index in [1.54, 1.807) is 12.4 Å². The molecule has 8 nitrogen and oxygen atoms in total. The number of likely N-dealkylation sites (tertiary alicyclic amines) is 1. The van der Waals surface area contributed by atoms with Crippen molar-refractivity contribution < 1.29 is 4.74 Å². The Kier molecular flexibility index (Phi) is 5.82. The van der Waals surface area contributed by atoms with Crippen LogP contribution >= 0.6 is 23.2 Å². The SMILES string of the molecule is N#C[C@@H]1COCC1N1CCC(c2cc3nc(Nc4cnn(C5CC5)c4Cl)ncc3cc2Cl)CC1. The highest BCUT2D eigenvalue weighted by atomic mass is 35.5. The fraction of sp³-hybridized carbons (Fsp3) is 0.500. The van der Waals surface area contributed by atoms with E-state index in [2.05, 4.69) is 32.4 Å². The normalized spacial score (nSPS) is 23.9. The number of nitriles is 1. The first-order chi connectivity index (χ1) is 16.6. The van der Waals surface area contributed by atoms with Crippen LogP contribution in [0.1, 0.15) is 43.2 Å². The van der Waals surface area contributed by atoms with Crippen LogP contribution in [-0.4, -0.2) is 57.0 Å². The first-order valence-corrected chi connectivity index (χ1v) is 12.5. The molecule has 1 saturated carbocycles. The third-order valence-corrected chi connectivity index (χ3v) is 7.93. The Morgan fingerprint density at radius 2 is 1.91 bits per heavy atom. The van der Waals surface area contributed by atoms with E-state index in [4.69, 9.17) is 32.9 Å². The Bertz CT molecular complexity index is 1260. The predicted molar refractivity (Wildman–Crippen MR) is 131 cm³/mol. The van der Waals surface area contributed by atoms with E-state index in [0.717, 1.165) is 60.3 Å². The smallest absolute Gasteiger partial charge is 0.227 e. The maximum Gasteiger partial charge on any atom is 0.227 e. The van der Waals surface area contributed by atoms with Crippen LogP contribution in [0.25, 0.3) is 10.9 Å². The van der Waals surface area contributed by atoms with Crippen molar-refractivity contribution in [2.45, 2.75) is 43.7 Å². The number of piperidine rings is 1. The van der Waals surface area contributed by atoms with Gasteiger partial charge in [-0.05, 0) is 62.4 Å². The highest BCUT2D eigenvalue weighted by Gasteiger charge is 2.35. The Balaban J connectivity index is 1.20. The van der Waals surface area contributed by atoms with Crippen molar-refractivity contribution in [3.8, 4) is 6.07 Å². The first-order valence-electron chi connectivity index (χ1n) is 11.8. The molecule has 3 fully saturated rings. The van der Waals surface area contributed by atoms with E-state index in [1.807, 2.05) is 10.7 Å². The molecule has 10 heteroatoms. The molecule has 0 radical (unpaired) electrons. The molecule has 1 aliphatic carbocycles. The average molecular weight is 498 g/mol. The molecule has 0 spiro atoms. The fourth-order valence-electron chi connectivity index (χ4n) is 5.13. The predicted octanol–water partition coefficient (Wildman–Crippen LogP) is 4.93. The largest absolute Gasteiger partial charge is 0.378 e. The van der Waals surface area contributed by atoms with Crippen LogP contribution in [0, 0.1) is 17.2 Å². The zero-order valence-electron chi connectivity index (χ0n) is 18.6. The third kappa shape index (κ3) is 4.11. The van der Waals surface area contributed by atoms with Crippen molar-refractivity contribution in [3.63, 3.8) is 0 Å². The van der Waals surface area contributed by atoms with E-state index in [0.29, 0.717) is 42.0 Å². The topological polar surface area (TPSA) is 91.9 Å². The van der Waals surface area contributed by atoms with Crippen LogP contribution in [0.2, 0.25) is 10.2 Å². The van der Waals surface area contributed by atoms with Gasteiger partial charge in [0.2, 0.25) is 5.95 Å². The fourth-order valence-corrected chi connectivity index (χ4v) is 5.74. The summed E-state index contributed by atoms with van der Waals surface area (Å²) in [5.41, 5.74) is 2.68. The molecular weight excluding hydrogens is 473 g/mol. The van der Waals surface area contributed by atoms with Gasteiger partial charge in [0.05, 0.1) is 54.7 Å². The van der Waals surface area contributed by atoms with Gasteiger partial charge in [-0.15, -0.1) is 0 Å². The number of fused-ring (bicyclic) bond motifs is 1. The molecule has 3 aromatic rings. The third-order valence-electron chi connectivity index (χ3n) is 7.23. The number of halogens is 2. The molecule has 2 saturated heterocycles. The lowest BCUT2D eigenvalue weighted by molar-refractivity contribution is 0.119. The van der Waals surface area contributed by atoms with Crippen LogP contribution in [-0.2, 0) is 4.74 Å². The molecule has 0 bridgehead atoms. The Labute approximate surface area is 207 Å². The van der Waals surface area contributed by atoms with Crippen molar-refractivity contribution >= 4 is 45.7 Å². The second kappa shape index (κ2) is 8.97. The summed E-state index contributed by atoms with van der Waals surface area (Å²) < 4.78 is 7.40. The zero-order chi connectivity index (χ0) is 23.2. The summed E-state index contributed by atoms with van der Waals surface area (Å²) in [6, 6.07) is 7.06. The lowest BCUT2D eigenvalue weighted by Crippen LogP contribution is -2.44. The summed E-state index contributed by atoms with van der Waals surface area (Å²) >= 11 is 13.2. The van der Waals surface area contributed by atoms with Crippen molar-refractivity contribution in [1.82, 2.24) is 24.6 Å². The van der Waals surface area contributed by atoms with E-state index in [1.165, 1.54) is 0 Å². The molecule has 2 aliphatic heterocycles. The number of nitrogens with one attached hydrogen (secondary N) is 1. The number of ether oxygens (including phenoxy) is 1. The maximum absolute atomic E-state index is 9.39. The van der Waals surface area contributed by atoms with Crippen LogP contribution in [0.4, 0.5) is 11.6 Å². The van der Waals surface area contributed by atoms with Crippen molar-refractivity contribution in [2.24, 2.45) is 5.92 Å². The molecular formula is C24H25Cl2N7O. The number of benzene rings is 1. The minimum absolute atomic E-state index is 0.0340. The second-order valence-electron chi connectivity index (χ2n) is 9.43. The van der Waals surface area contributed by atoms with Gasteiger partial charge < -0.3 is 10.1 Å². The van der Waals surface area contributed by atoms with Gasteiger partial charge in [-0.3, -0.25) is 4.90 Å². The molecule has 176 valence electrons. The van der Waals surface area contributed by atoms with Gasteiger partial charge in [0, 0.05) is 16.6 Å². The lowest BCUT2D eigenvalue weighted by atomic mass is 9.87. The van der Waals surface area contributed by atoms with Crippen LogP contribution < -0.4 is 5.32 Å². The minimum atomic E-state index is -0.0340. The van der Waals surface area contributed by atoms with E-state index >= 15 is 0 Å². The van der Waals surface area contributed by atoms with Gasteiger partial charge in [0.25, 0.3) is 0 Å². The molecule has 1 N–H and O–H groups in total. The molecule has 4 heterocycles. The molecule has 0 amide bonds. The Morgan fingerprint density at radius 1 is 1.09 bits per heavy atom. The number of aromatic nitrogens is 4. The molecule has 6 rings (SSSR count). The maximum atomic E-state index is 9.39. The van der Waals surface area contributed by atoms with Gasteiger partial charge in [-0.1, -0.05) is 23.2 Å². The Morgan fingerprint density at radius 3 is 2.68 bits per heavy atom. The number of rotatable bonds is 5. The summed E-state index contributed by atoms with van der Waals surface area (Å²) in [5.74, 6) is 0.804. The number of hydrogen-bond acceptors (Lipinski definition) is 7. The molecule has 1 unspecified atom stereocenters. The monoisotopic (exact) mass is 497 g/mol. The number of nitrogens with zero attached hydrogens (tertiary/aromatic N) is 6. The Hall–Kier alpha value is -2.44. The molecule has 2 atom stereocenters. The van der Waals surface area contributed by atoms with Crippen LogP contribution in [0.15, 0.2) is 24.5 Å². The summed E-state index contributed by atoms with van der Waals surface area (Å²) in [6.07, 6.45) is 7.72. The standard InChI is InChI=1S/C24H25Cl2N7O/c25-19-7-15-10-28-24(31-21-11-29-33(23(21)26)17-1-2-17)30-20(15)8-18(19)14-3-5-32(6-4-14)22-13-34-12-16(22)9-27/h7-8,10-11,14,16-17,22H,1-6,12-13H2,(H,28,30,31)/t16-,22?/m1/s1. The van der Waals surface area contributed by atoms with Gasteiger partial charge in [0.15, 0.2) is 5.15 Å². The number of anilines is 2. The summed E-state index contributed by atoms with van der Waals surface area (Å²) in [7, 11) is 0. The molecule has 2 aromatic heterocycles. The zero-order valence-corrected chi connectivity index (χ0v) is 20.1. The molecule has 34 heavy (non-hydrogen) atoms. The number of hydrogen-bond donors (Lipinski definition) is 1. The van der Waals surface area contributed by atoms with E-state index in [-0.39, 0.29) is 12.0 Å². The van der Waals surface area contributed by atoms with Gasteiger partial charge in [-0.2, -0.15) is 10.4 Å². The minimum Gasteiger partial charge on any atom is -0.378 e. The van der Waals surface area contributed by atoms with Crippen LogP contribution in [0.5, 0.6) is 0 Å². The average Bonchev–Trinajstić information content (AvgIpc) is 3.47. The molecule has 1 aromatic carbocycles. The van der Waals surface area contributed by atoms with Gasteiger partial charge in [0.1, 0.15) is 0 Å². The van der Waals surface area contributed by atoms with E-state index < -0.39 is 0 Å². The highest BCUT2D eigenvalue weighted by Crippen LogP contribution is 2.39. The quantitative estimate of drug-likeness (QED) is 0.533. The summed E-state index contributed by atoms with van der Waals surface area (Å²) in [5, 5.41) is 19.2. The van der Waals surface area contributed by atoms with Crippen molar-refractivity contribution in [1.29, 1.82) is 5.26 Å². The van der Waals surface area contributed by atoms with E-state index in [9.17, 15) is 5.26 Å². The summed E-state index contributed by atoms with van der Waals surface area (Å²) in [4.78, 5) is 11.6. The first kappa shape index (κ1) is 22.1. The second-order valence-corrected chi connectivity index (χ2v) is 10.2. The summed E-state index contributed by atoms with van der Waals surface area (Å²) in [6.45, 7) is 3.06. The van der Waals surface area contributed by atoms with Crippen LogP contribution in [0.3, 0.4) is 0 Å². The van der Waals surface area contributed by atoms with Crippen molar-refractivity contribution in [3.05, 3.63) is 40.3 Å². The highest BCUT2D eigenvalue weighted by molar-refractivity contribution is 6.32. The van der Waals surface area contributed by atoms with Gasteiger partial charge >= 0.3 is 0 Å². The van der Waals surface area contributed by atoms with Crippen molar-refractivity contribution in [2.75, 3.05) is 31.6 Å². The molecule has 3 aliphatic rings. The van der Waals surface area contributed by atoms with Gasteiger partial charge in [-0.25, -0.2) is 14.6 Å². The lowest BCUT2D eigenvalue weighted by Gasteiger charge is -2.36.